The second kappa shape index (κ2) is 6.35. The molecule has 1 atom stereocenters. The Hall–Kier alpha value is -1.62. The van der Waals surface area contributed by atoms with Crippen molar-refractivity contribution >= 4 is 18.5 Å². The lowest BCUT2D eigenvalue weighted by molar-refractivity contribution is 0.115. The van der Waals surface area contributed by atoms with Crippen LogP contribution in [0.1, 0.15) is 24.9 Å². The van der Waals surface area contributed by atoms with Crippen LogP contribution in [0.3, 0.4) is 0 Å². The highest BCUT2D eigenvalue weighted by molar-refractivity contribution is 5.85. The van der Waals surface area contributed by atoms with E-state index in [4.69, 9.17) is 9.47 Å². The molecule has 6 heteroatoms. The first-order valence-corrected chi connectivity index (χ1v) is 5.60. The topological polar surface area (TPSA) is 67.8 Å². The van der Waals surface area contributed by atoms with Gasteiger partial charge in [-0.1, -0.05) is 12.1 Å². The highest BCUT2D eigenvalue weighted by Gasteiger charge is 2.24. The van der Waals surface area contributed by atoms with E-state index < -0.39 is 6.09 Å². The van der Waals surface area contributed by atoms with Gasteiger partial charge in [0.05, 0.1) is 19.3 Å². The quantitative estimate of drug-likeness (QED) is 0.887. The Morgan fingerprint density at radius 1 is 1.56 bits per heavy atom. The lowest BCUT2D eigenvalue weighted by Crippen LogP contribution is -2.35. The van der Waals surface area contributed by atoms with Crippen LogP contribution in [0.25, 0.3) is 0 Å². The van der Waals surface area contributed by atoms with E-state index >= 15 is 0 Å². The number of carbonyl (C=O) groups is 1. The summed E-state index contributed by atoms with van der Waals surface area (Å²) in [5.74, 6) is 0.521. The Balaban J connectivity index is 0.00000162. The minimum absolute atomic E-state index is 0. The van der Waals surface area contributed by atoms with Gasteiger partial charge in [0.25, 0.3) is 0 Å². The van der Waals surface area contributed by atoms with Gasteiger partial charge in [0.15, 0.2) is 11.5 Å². The first-order valence-electron chi connectivity index (χ1n) is 5.60. The molecule has 1 aliphatic rings. The lowest BCUT2D eigenvalue weighted by atomic mass is 10.0. The third kappa shape index (κ3) is 2.98. The van der Waals surface area contributed by atoms with Crippen molar-refractivity contribution < 1.29 is 19.4 Å². The maximum atomic E-state index is 11.1. The molecule has 100 valence electrons. The van der Waals surface area contributed by atoms with Crippen molar-refractivity contribution in [1.82, 2.24) is 5.32 Å². The minimum atomic E-state index is -0.456. The predicted molar refractivity (Wildman–Crippen MR) is 68.4 cm³/mol. The molecule has 0 aliphatic carbocycles. The summed E-state index contributed by atoms with van der Waals surface area (Å²) in [6, 6.07) is 5.04. The highest BCUT2D eigenvalue weighted by Crippen LogP contribution is 2.35. The molecule has 1 fully saturated rings. The molecular weight excluding hydrogens is 258 g/mol. The zero-order chi connectivity index (χ0) is 12.3. The number of rotatable bonds is 3. The monoisotopic (exact) mass is 273 g/mol. The number of nitrogens with one attached hydrogen (secondary N) is 1. The van der Waals surface area contributed by atoms with Crippen LogP contribution in [0.5, 0.6) is 11.5 Å². The highest BCUT2D eigenvalue weighted by atomic mass is 35.5. The molecule has 1 aromatic carbocycles. The van der Waals surface area contributed by atoms with Crippen LogP contribution >= 0.6 is 12.4 Å². The number of hydrogen-bond donors (Lipinski definition) is 2. The van der Waals surface area contributed by atoms with E-state index in [9.17, 15) is 9.90 Å². The van der Waals surface area contributed by atoms with E-state index in [1.165, 1.54) is 0 Å². The van der Waals surface area contributed by atoms with Crippen LogP contribution < -0.4 is 10.1 Å². The SMILES string of the molecule is CCOc1cccc([C@@H]2CCOC(=O)N2)c1O.Cl. The molecule has 0 unspecified atom stereocenters. The fourth-order valence-electron chi connectivity index (χ4n) is 1.85. The molecule has 0 radical (unpaired) electrons. The van der Waals surface area contributed by atoms with E-state index in [0.717, 1.165) is 0 Å². The van der Waals surface area contributed by atoms with Gasteiger partial charge in [-0.25, -0.2) is 4.79 Å². The van der Waals surface area contributed by atoms with Crippen molar-refractivity contribution in [3.63, 3.8) is 0 Å². The Morgan fingerprint density at radius 3 is 3.00 bits per heavy atom. The van der Waals surface area contributed by atoms with Crippen molar-refractivity contribution in [1.29, 1.82) is 0 Å². The molecule has 1 aliphatic heterocycles. The molecular formula is C12H16ClNO4. The van der Waals surface area contributed by atoms with Crippen LogP contribution in [0.4, 0.5) is 4.79 Å². The first kappa shape index (κ1) is 14.4. The number of halogens is 1. The average Bonchev–Trinajstić information content (AvgIpc) is 2.32. The minimum Gasteiger partial charge on any atom is -0.504 e. The zero-order valence-corrected chi connectivity index (χ0v) is 10.8. The average molecular weight is 274 g/mol. The molecule has 2 N–H and O–H groups in total. The number of benzene rings is 1. The number of ether oxygens (including phenoxy) is 2. The number of phenolic OH excluding ortho intramolecular Hbond substituents is 1. The van der Waals surface area contributed by atoms with Gasteiger partial charge in [-0.05, 0) is 13.0 Å². The summed E-state index contributed by atoms with van der Waals surface area (Å²) >= 11 is 0. The standard InChI is InChI=1S/C12H15NO4.ClH/c1-2-16-10-5-3-4-8(11(10)14)9-6-7-17-12(15)13-9;/h3-5,9,14H,2,6-7H2,1H3,(H,13,15);1H/t9-;/m0./s1. The Kier molecular flexibility index (Phi) is 5.09. The van der Waals surface area contributed by atoms with Gasteiger partial charge in [0.2, 0.25) is 0 Å². The van der Waals surface area contributed by atoms with E-state index in [1.54, 1.807) is 18.2 Å². The maximum absolute atomic E-state index is 11.1. The van der Waals surface area contributed by atoms with Crippen molar-refractivity contribution in [3.8, 4) is 11.5 Å². The normalized spacial score (nSPS) is 18.3. The molecule has 2 rings (SSSR count). The number of phenols is 1. The molecule has 1 aromatic rings. The molecule has 0 saturated carbocycles. The van der Waals surface area contributed by atoms with Gasteiger partial charge in [-0.3, -0.25) is 0 Å². The van der Waals surface area contributed by atoms with Gasteiger partial charge in [-0.15, -0.1) is 12.4 Å². The number of hydrogen-bond acceptors (Lipinski definition) is 4. The number of amides is 1. The van der Waals surface area contributed by atoms with Crippen molar-refractivity contribution in [2.24, 2.45) is 0 Å². The van der Waals surface area contributed by atoms with Crippen LogP contribution in [-0.2, 0) is 4.74 Å². The summed E-state index contributed by atoms with van der Waals surface area (Å²) < 4.78 is 10.1. The van der Waals surface area contributed by atoms with Gasteiger partial charge in [-0.2, -0.15) is 0 Å². The lowest BCUT2D eigenvalue weighted by Gasteiger charge is -2.24. The van der Waals surface area contributed by atoms with Gasteiger partial charge >= 0.3 is 6.09 Å². The third-order valence-electron chi connectivity index (χ3n) is 2.64. The number of para-hydroxylation sites is 1. The van der Waals surface area contributed by atoms with Crippen molar-refractivity contribution in [3.05, 3.63) is 23.8 Å². The summed E-state index contributed by atoms with van der Waals surface area (Å²) in [5.41, 5.74) is 0.660. The smallest absolute Gasteiger partial charge is 0.407 e. The Labute approximate surface area is 112 Å². The van der Waals surface area contributed by atoms with Crippen LogP contribution in [0.15, 0.2) is 18.2 Å². The largest absolute Gasteiger partial charge is 0.504 e. The van der Waals surface area contributed by atoms with Crippen LogP contribution in [0.2, 0.25) is 0 Å². The van der Waals surface area contributed by atoms with E-state index in [1.807, 2.05) is 6.92 Å². The number of carbonyl (C=O) groups excluding carboxylic acids is 1. The maximum Gasteiger partial charge on any atom is 0.407 e. The zero-order valence-electron chi connectivity index (χ0n) is 10.0. The summed E-state index contributed by atoms with van der Waals surface area (Å²) in [5, 5.41) is 12.7. The Bertz CT molecular complexity index is 425. The molecule has 0 aromatic heterocycles. The number of aromatic hydroxyl groups is 1. The predicted octanol–water partition coefficient (Wildman–Crippen LogP) is 2.38. The third-order valence-corrected chi connectivity index (χ3v) is 2.64. The summed E-state index contributed by atoms with van der Waals surface area (Å²) in [4.78, 5) is 11.1. The van der Waals surface area contributed by atoms with E-state index in [-0.39, 0.29) is 24.2 Å². The first-order chi connectivity index (χ1) is 8.22. The molecule has 0 spiro atoms. The summed E-state index contributed by atoms with van der Waals surface area (Å²) in [6.07, 6.45) is 0.178. The van der Waals surface area contributed by atoms with E-state index in [2.05, 4.69) is 5.32 Å². The molecule has 5 nitrogen and oxygen atoms in total. The van der Waals surface area contributed by atoms with E-state index in [0.29, 0.717) is 30.9 Å². The molecule has 1 saturated heterocycles. The number of alkyl carbamates (subject to hydrolysis) is 1. The van der Waals surface area contributed by atoms with Gasteiger partial charge < -0.3 is 19.9 Å². The fraction of sp³-hybridized carbons (Fsp3) is 0.417. The van der Waals surface area contributed by atoms with Crippen molar-refractivity contribution in [2.75, 3.05) is 13.2 Å². The summed E-state index contributed by atoms with van der Waals surface area (Å²) in [6.45, 7) is 2.69. The molecule has 18 heavy (non-hydrogen) atoms. The van der Waals surface area contributed by atoms with Gasteiger partial charge in [0.1, 0.15) is 0 Å². The second-order valence-electron chi connectivity index (χ2n) is 3.75. The molecule has 1 amide bonds. The second-order valence-corrected chi connectivity index (χ2v) is 3.75. The molecule has 0 bridgehead atoms. The van der Waals surface area contributed by atoms with Crippen LogP contribution in [-0.4, -0.2) is 24.4 Å². The van der Waals surface area contributed by atoms with Crippen molar-refractivity contribution in [2.45, 2.75) is 19.4 Å². The van der Waals surface area contributed by atoms with Gasteiger partial charge in [0, 0.05) is 12.0 Å². The number of cyclic esters (lactones) is 1. The summed E-state index contributed by atoms with van der Waals surface area (Å²) in [7, 11) is 0. The Morgan fingerprint density at radius 2 is 2.33 bits per heavy atom. The van der Waals surface area contributed by atoms with Crippen LogP contribution in [0, 0.1) is 0 Å². The molecule has 1 heterocycles. The fourth-order valence-corrected chi connectivity index (χ4v) is 1.85.